The van der Waals surface area contributed by atoms with Crippen LogP contribution in [0.3, 0.4) is 0 Å². The van der Waals surface area contributed by atoms with Crippen molar-refractivity contribution in [2.24, 2.45) is 50.2 Å². The number of aliphatic hydroxyl groups is 22. The van der Waals surface area contributed by atoms with E-state index >= 15 is 4.79 Å². The number of carbonyl (C=O) groups is 3. The average Bonchev–Trinajstić information content (AvgIpc) is 0.668. The number of fused-ring (bicyclic) bond motifs is 7. The second-order valence-electron chi connectivity index (χ2n) is 38.8. The Kier molecular flexibility index (Phi) is 29.4. The summed E-state index contributed by atoms with van der Waals surface area (Å²) in [6, 6.07) is 0. The van der Waals surface area contributed by atoms with Crippen molar-refractivity contribution in [3.63, 3.8) is 0 Å². The van der Waals surface area contributed by atoms with Crippen molar-refractivity contribution in [3.05, 3.63) is 11.6 Å². The zero-order valence-corrected chi connectivity index (χ0v) is 70.7. The maximum absolute atomic E-state index is 16.3. The largest absolute Gasteiger partial charge is 0.479 e. The van der Waals surface area contributed by atoms with Gasteiger partial charge in [-0.3, -0.25) is 4.79 Å². The van der Waals surface area contributed by atoms with E-state index in [1.54, 1.807) is 0 Å². The molecule has 14 rings (SSSR count). The minimum Gasteiger partial charge on any atom is -0.479 e. The summed E-state index contributed by atoms with van der Waals surface area (Å²) in [5.74, 6) is -3.76. The molecule has 0 aromatic rings. The minimum absolute atomic E-state index is 0.126. The number of ether oxygens (including phenoxy) is 18. The fraction of sp³-hybridized carbons (Fsp3) is 0.938. The molecule has 45 unspecified atom stereocenters. The third-order valence-electron chi connectivity index (χ3n) is 30.4. The second kappa shape index (κ2) is 37.6. The molecule has 51 atom stereocenters. The van der Waals surface area contributed by atoms with E-state index in [1.807, 2.05) is 6.92 Å². The van der Waals surface area contributed by atoms with E-state index in [1.165, 1.54) is 20.8 Å². The first-order valence-electron chi connectivity index (χ1n) is 43.2. The van der Waals surface area contributed by atoms with Crippen molar-refractivity contribution < 1.29 is 217 Å². The maximum Gasteiger partial charge on any atom is 0.335 e. The molecule has 9 aliphatic heterocycles. The van der Waals surface area contributed by atoms with E-state index in [0.29, 0.717) is 32.1 Å². The van der Waals surface area contributed by atoms with Crippen LogP contribution in [-0.2, 0) is 99.6 Å². The van der Waals surface area contributed by atoms with Gasteiger partial charge in [-0.05, 0) is 124 Å². The number of allylic oxidation sites excluding steroid dienone is 2. The maximum atomic E-state index is 16.3. The highest BCUT2D eigenvalue weighted by Crippen LogP contribution is 2.77. The summed E-state index contributed by atoms with van der Waals surface area (Å²) < 4.78 is 109. The van der Waals surface area contributed by atoms with Crippen LogP contribution in [0.5, 0.6) is 0 Å². The van der Waals surface area contributed by atoms with E-state index in [4.69, 9.17) is 85.3 Å². The van der Waals surface area contributed by atoms with Gasteiger partial charge >= 0.3 is 11.9 Å². The number of hydrogen-bond donors (Lipinski definition) is 23. The molecule has 44 heteroatoms. The number of hydrogen-bond acceptors (Lipinski definition) is 43. The molecule has 9 saturated heterocycles. The summed E-state index contributed by atoms with van der Waals surface area (Å²) in [4.78, 5) is 43.8. The van der Waals surface area contributed by atoms with Gasteiger partial charge in [-0.1, -0.05) is 53.2 Å². The van der Waals surface area contributed by atoms with Gasteiger partial charge in [0.1, 0.15) is 177 Å². The summed E-state index contributed by atoms with van der Waals surface area (Å²) >= 11 is 0. The molecule has 23 N–H and O–H groups in total. The molecule has 0 radical (unpaired) electrons. The molecule has 4 saturated carbocycles. The molecule has 9 heterocycles. The van der Waals surface area contributed by atoms with Crippen LogP contribution < -0.4 is 0 Å². The predicted molar refractivity (Wildman–Crippen MR) is 405 cm³/mol. The van der Waals surface area contributed by atoms with E-state index in [-0.39, 0.29) is 38.0 Å². The minimum atomic E-state index is -2.21. The quantitative estimate of drug-likeness (QED) is 0.0207. The zero-order chi connectivity index (χ0) is 91.0. The van der Waals surface area contributed by atoms with Gasteiger partial charge in [-0.15, -0.1) is 0 Å². The van der Waals surface area contributed by atoms with Crippen LogP contribution in [0.2, 0.25) is 0 Å². The van der Waals surface area contributed by atoms with Crippen molar-refractivity contribution >= 4 is 18.2 Å². The van der Waals surface area contributed by atoms with Crippen LogP contribution in [0.1, 0.15) is 127 Å². The van der Waals surface area contributed by atoms with Crippen LogP contribution in [0.15, 0.2) is 11.6 Å². The van der Waals surface area contributed by atoms with Crippen molar-refractivity contribution in [3.8, 4) is 0 Å². The number of carbonyl (C=O) groups excluding carboxylic acids is 2. The summed E-state index contributed by atoms with van der Waals surface area (Å²) in [6.45, 7) is 13.2. The van der Waals surface area contributed by atoms with Crippen molar-refractivity contribution in [2.45, 2.75) is 391 Å². The van der Waals surface area contributed by atoms with Crippen LogP contribution in [-0.4, -0.2) is 433 Å². The molecule has 0 amide bonds. The smallest absolute Gasteiger partial charge is 0.335 e. The topological polar surface area (TPSA) is 683 Å². The highest BCUT2D eigenvalue weighted by atomic mass is 16.8. The Labute approximate surface area is 718 Å². The number of esters is 1. The van der Waals surface area contributed by atoms with Crippen LogP contribution in [0.4, 0.5) is 0 Å². The third-order valence-corrected chi connectivity index (χ3v) is 30.4. The number of aldehydes is 1. The van der Waals surface area contributed by atoms with Crippen LogP contribution >= 0.6 is 0 Å². The molecular weight excluding hydrogens is 1680 g/mol. The first-order valence-corrected chi connectivity index (χ1v) is 43.2. The lowest BCUT2D eigenvalue weighted by atomic mass is 9.32. The molecule has 0 aromatic heterocycles. The lowest BCUT2D eigenvalue weighted by Crippen LogP contribution is -2.68. The summed E-state index contributed by atoms with van der Waals surface area (Å²) in [6.07, 6.45) is -71.4. The van der Waals surface area contributed by atoms with Gasteiger partial charge in [-0.2, -0.15) is 0 Å². The molecule has 0 spiro atoms. The summed E-state index contributed by atoms with van der Waals surface area (Å²) in [5.41, 5.74) is -4.17. The highest BCUT2D eigenvalue weighted by Gasteiger charge is 2.73. The first-order chi connectivity index (χ1) is 58.7. The van der Waals surface area contributed by atoms with Gasteiger partial charge in [0.15, 0.2) is 62.5 Å². The fourth-order valence-corrected chi connectivity index (χ4v) is 22.9. The van der Waals surface area contributed by atoms with Crippen molar-refractivity contribution in [1.29, 1.82) is 0 Å². The van der Waals surface area contributed by atoms with Crippen LogP contribution in [0.25, 0.3) is 0 Å². The van der Waals surface area contributed by atoms with Crippen molar-refractivity contribution in [1.82, 2.24) is 0 Å². The van der Waals surface area contributed by atoms with Crippen molar-refractivity contribution in [2.75, 3.05) is 33.0 Å². The predicted octanol–water partition coefficient (Wildman–Crippen LogP) is -8.64. The Hall–Kier alpha value is -3.21. The highest BCUT2D eigenvalue weighted by molar-refractivity contribution is 5.79. The van der Waals surface area contributed by atoms with Gasteiger partial charge in [0.2, 0.25) is 6.29 Å². The Morgan fingerprint density at radius 2 is 0.888 bits per heavy atom. The Balaban J connectivity index is 0.729. The normalized spacial score (nSPS) is 55.0. The third kappa shape index (κ3) is 17.8. The Morgan fingerprint density at radius 1 is 0.424 bits per heavy atom. The molecule has 716 valence electrons. The molecule has 13 fully saturated rings. The molecule has 125 heavy (non-hydrogen) atoms. The van der Waals surface area contributed by atoms with Gasteiger partial charge in [0.25, 0.3) is 0 Å². The number of rotatable bonds is 22. The summed E-state index contributed by atoms with van der Waals surface area (Å²) in [5, 5.41) is 254. The molecule has 44 nitrogen and oxygen atoms in total. The SMILES string of the molecule is CC1OC(OC2C(C)OC(OC(=O)[C@]34CCC(C)(C)CC3C3=CCC5[C@@]6(C)CC[C@H](OC7OC(C(=O)O)C(O)C(OC8OCC(O)C(O)C8O)C7OC7OC(CO)C(O)C(O)C7O)CC6[C@@](C)(C=O)C[C@@]5(C)[C@]3(C)CC4)C(OC3OC(C)C(OC4OCC(O)C(OC5OC(CO)C(O)C(O)C5O)C4O)C(O)C3O)C2O)C(O)C(OC2OCC(O)C(O)C2O)C1O. The number of carboxylic acids is 1. The molecule has 14 aliphatic rings. The average molecular weight is 1810 g/mol. The van der Waals surface area contributed by atoms with Gasteiger partial charge in [0, 0.05) is 5.41 Å². The van der Waals surface area contributed by atoms with Gasteiger partial charge in [-0.25, -0.2) is 4.79 Å². The van der Waals surface area contributed by atoms with E-state index in [9.17, 15) is 127 Å². The van der Waals surface area contributed by atoms with Gasteiger partial charge < -0.3 is 208 Å². The Morgan fingerprint density at radius 3 is 1.46 bits per heavy atom. The first kappa shape index (κ1) is 97.8. The zero-order valence-electron chi connectivity index (χ0n) is 70.7. The van der Waals surface area contributed by atoms with E-state index in [2.05, 4.69) is 40.7 Å². The molecular formula is C81H128O44. The number of aliphatic hydroxyl groups excluding tert-OH is 22. The molecule has 0 aromatic carbocycles. The fourth-order valence-electron chi connectivity index (χ4n) is 22.9. The van der Waals surface area contributed by atoms with Gasteiger partial charge in [0.05, 0.1) is 62.9 Å². The molecule has 0 bridgehead atoms. The number of aliphatic carboxylic acids is 1. The second-order valence-corrected chi connectivity index (χ2v) is 38.8. The number of carboxylic acid groups (broad SMARTS) is 1. The lowest BCUT2D eigenvalue weighted by Gasteiger charge is -2.72. The lowest BCUT2D eigenvalue weighted by molar-refractivity contribution is -0.392. The Bertz CT molecular complexity index is 3700. The standard InChI is InChI=1S/C81H128O44/c1-27-40(88)60(120-66-48(96)41(89)33(85)22-108-66)56(104)72(111-27)118-58-29(3)113-73(63(53(58)101)123-69-52(100)47(95)57(28(2)112-69)117-68-55(103)59(35(87)24-110-68)119-70-50(98)45(93)43(91)36(20-82)115-70)125-75(107)81-16-14-76(4,5)19-32(81)31-10-11-38-78(7)13-12-30(18-39(78)77(6,26-84)25-80(38,9)79(31,8)15-17-81)114-74-64(124-71-51(99)46(94)44(92)37(21-83)116-71)61(54(102)62(122-74)65(105)106)121-67-49(97)42(90)34(86)23-109-67/h10,26-30,32-64,66-74,82-83,85-104H,11-25H2,1-9H3,(H,105,106)/t27?,28?,29?,30-,32?,33?,34?,35?,36?,37?,38?,39?,40?,41?,42?,43?,44?,45?,46?,47?,48?,49?,50?,51?,52?,53?,54?,55?,56?,57?,58?,59?,60?,61?,62?,63?,64?,66?,67?,68?,69?,70?,71?,72?,73?,74?,77+,78+,79+,80+,81-/m0/s1. The summed E-state index contributed by atoms with van der Waals surface area (Å²) in [7, 11) is 0. The van der Waals surface area contributed by atoms with E-state index < -0.39 is 353 Å². The van der Waals surface area contributed by atoms with E-state index in [0.717, 1.165) is 11.9 Å². The monoisotopic (exact) mass is 1800 g/mol. The molecule has 5 aliphatic carbocycles. The van der Waals surface area contributed by atoms with Crippen LogP contribution in [0, 0.1) is 50.2 Å².